The highest BCUT2D eigenvalue weighted by Crippen LogP contribution is 2.18. The minimum absolute atomic E-state index is 0.293. The molecule has 0 amide bonds. The summed E-state index contributed by atoms with van der Waals surface area (Å²) >= 11 is 0. The zero-order chi connectivity index (χ0) is 12.6. The Kier molecular flexibility index (Phi) is 2.79. The molecule has 2 aromatic rings. The van der Waals surface area contributed by atoms with Gasteiger partial charge in [0, 0.05) is 12.4 Å². The predicted molar refractivity (Wildman–Crippen MR) is 65.5 cm³/mol. The molecular weight excluding hydrogens is 236 g/mol. The van der Waals surface area contributed by atoms with Crippen LogP contribution in [0.15, 0.2) is 35.5 Å². The fourth-order valence-electron chi connectivity index (χ4n) is 1.61. The molecule has 0 fully saturated rings. The molecular formula is C12H14N2O2S. The third kappa shape index (κ3) is 1.98. The standard InChI is InChI=1S/C12H14N2O2S/c1-9-4-5-12(8-10(9)2)17(15,16)14-7-6-13-11(14)3/h4-8H,1-3H3. The van der Waals surface area contributed by atoms with Crippen molar-refractivity contribution < 1.29 is 8.42 Å². The van der Waals surface area contributed by atoms with Gasteiger partial charge >= 0.3 is 0 Å². The Bertz CT molecular complexity index is 657. The molecule has 0 N–H and O–H groups in total. The number of hydrogen-bond acceptors (Lipinski definition) is 3. The number of rotatable bonds is 2. The molecule has 0 aliphatic carbocycles. The third-order valence-corrected chi connectivity index (χ3v) is 4.57. The summed E-state index contributed by atoms with van der Waals surface area (Å²) in [4.78, 5) is 4.23. The second kappa shape index (κ2) is 4.00. The van der Waals surface area contributed by atoms with Crippen LogP contribution in [0.25, 0.3) is 0 Å². The van der Waals surface area contributed by atoms with Crippen LogP contribution >= 0.6 is 0 Å². The first-order valence-corrected chi connectivity index (χ1v) is 6.70. The summed E-state index contributed by atoms with van der Waals surface area (Å²) in [6.07, 6.45) is 2.94. The van der Waals surface area contributed by atoms with E-state index < -0.39 is 10.0 Å². The molecule has 0 bridgehead atoms. The lowest BCUT2D eigenvalue weighted by Gasteiger charge is -2.08. The van der Waals surface area contributed by atoms with Gasteiger partial charge in [-0.25, -0.2) is 17.4 Å². The van der Waals surface area contributed by atoms with Gasteiger partial charge in [0.25, 0.3) is 10.0 Å². The molecule has 1 aromatic heterocycles. The van der Waals surface area contributed by atoms with Gasteiger partial charge in [-0.15, -0.1) is 0 Å². The Morgan fingerprint density at radius 3 is 2.35 bits per heavy atom. The topological polar surface area (TPSA) is 52.0 Å². The molecule has 0 saturated heterocycles. The SMILES string of the molecule is Cc1ccc(S(=O)(=O)n2ccnc2C)cc1C. The molecule has 0 aliphatic heterocycles. The summed E-state index contributed by atoms with van der Waals surface area (Å²) in [5.41, 5.74) is 2.04. The van der Waals surface area contributed by atoms with Gasteiger partial charge in [-0.05, 0) is 44.0 Å². The van der Waals surface area contributed by atoms with Gasteiger partial charge < -0.3 is 0 Å². The first kappa shape index (κ1) is 11.9. The van der Waals surface area contributed by atoms with Crippen LogP contribution in [0.3, 0.4) is 0 Å². The van der Waals surface area contributed by atoms with Crippen molar-refractivity contribution in [1.29, 1.82) is 0 Å². The van der Waals surface area contributed by atoms with E-state index in [4.69, 9.17) is 0 Å². The lowest BCUT2D eigenvalue weighted by Crippen LogP contribution is -2.13. The van der Waals surface area contributed by atoms with Crippen LogP contribution in [-0.2, 0) is 10.0 Å². The average molecular weight is 250 g/mol. The Morgan fingerprint density at radius 1 is 1.12 bits per heavy atom. The molecule has 4 nitrogen and oxygen atoms in total. The molecule has 0 radical (unpaired) electrons. The molecule has 1 heterocycles. The van der Waals surface area contributed by atoms with E-state index in [9.17, 15) is 8.42 Å². The van der Waals surface area contributed by atoms with E-state index in [0.29, 0.717) is 10.7 Å². The monoisotopic (exact) mass is 250 g/mol. The number of nitrogens with zero attached hydrogens (tertiary/aromatic N) is 2. The van der Waals surface area contributed by atoms with Gasteiger partial charge in [0.1, 0.15) is 5.82 Å². The second-order valence-corrected chi connectivity index (χ2v) is 5.84. The van der Waals surface area contributed by atoms with Gasteiger partial charge in [-0.2, -0.15) is 0 Å². The van der Waals surface area contributed by atoms with E-state index in [1.807, 2.05) is 19.9 Å². The van der Waals surface area contributed by atoms with Gasteiger partial charge in [0.2, 0.25) is 0 Å². The fraction of sp³-hybridized carbons (Fsp3) is 0.250. The number of aromatic nitrogens is 2. The van der Waals surface area contributed by atoms with Gasteiger partial charge in [-0.1, -0.05) is 6.07 Å². The van der Waals surface area contributed by atoms with Crippen molar-refractivity contribution in [2.24, 2.45) is 0 Å². The smallest absolute Gasteiger partial charge is 0.241 e. The molecule has 0 atom stereocenters. The van der Waals surface area contributed by atoms with Crippen LogP contribution < -0.4 is 0 Å². The van der Waals surface area contributed by atoms with Crippen molar-refractivity contribution >= 4 is 10.0 Å². The van der Waals surface area contributed by atoms with Crippen molar-refractivity contribution in [2.45, 2.75) is 25.7 Å². The number of imidazole rings is 1. The molecule has 2 rings (SSSR count). The van der Waals surface area contributed by atoms with Crippen molar-refractivity contribution in [3.63, 3.8) is 0 Å². The highest BCUT2D eigenvalue weighted by molar-refractivity contribution is 7.90. The van der Waals surface area contributed by atoms with Crippen LogP contribution in [0.4, 0.5) is 0 Å². The van der Waals surface area contributed by atoms with E-state index in [1.165, 1.54) is 16.4 Å². The van der Waals surface area contributed by atoms with E-state index >= 15 is 0 Å². The molecule has 90 valence electrons. The lowest BCUT2D eigenvalue weighted by atomic mass is 10.1. The van der Waals surface area contributed by atoms with Crippen molar-refractivity contribution in [1.82, 2.24) is 8.96 Å². The zero-order valence-electron chi connectivity index (χ0n) is 10.0. The van der Waals surface area contributed by atoms with Crippen LogP contribution in [0.1, 0.15) is 17.0 Å². The quantitative estimate of drug-likeness (QED) is 0.819. The van der Waals surface area contributed by atoms with Crippen LogP contribution in [0.5, 0.6) is 0 Å². The molecule has 0 saturated carbocycles. The summed E-state index contributed by atoms with van der Waals surface area (Å²) in [6.45, 7) is 5.52. The number of hydrogen-bond donors (Lipinski definition) is 0. The zero-order valence-corrected chi connectivity index (χ0v) is 10.8. The van der Waals surface area contributed by atoms with Gasteiger partial charge in [0.15, 0.2) is 0 Å². The van der Waals surface area contributed by atoms with Gasteiger partial charge in [-0.3, -0.25) is 0 Å². The summed E-state index contributed by atoms with van der Waals surface area (Å²) in [7, 11) is -3.51. The molecule has 17 heavy (non-hydrogen) atoms. The van der Waals surface area contributed by atoms with Crippen molar-refractivity contribution in [3.8, 4) is 0 Å². The molecule has 0 unspecified atom stereocenters. The minimum atomic E-state index is -3.51. The van der Waals surface area contributed by atoms with Crippen LogP contribution in [0, 0.1) is 20.8 Å². The maximum Gasteiger partial charge on any atom is 0.269 e. The van der Waals surface area contributed by atoms with Gasteiger partial charge in [0.05, 0.1) is 4.90 Å². The normalized spacial score (nSPS) is 11.7. The largest absolute Gasteiger partial charge is 0.269 e. The number of benzene rings is 1. The Labute approximate surface area is 101 Å². The van der Waals surface area contributed by atoms with Crippen molar-refractivity contribution in [3.05, 3.63) is 47.5 Å². The lowest BCUT2D eigenvalue weighted by molar-refractivity contribution is 0.585. The third-order valence-electron chi connectivity index (χ3n) is 2.82. The maximum atomic E-state index is 12.3. The average Bonchev–Trinajstić information content (AvgIpc) is 2.69. The number of aryl methyl sites for hydroxylation is 3. The van der Waals surface area contributed by atoms with Crippen LogP contribution in [0.2, 0.25) is 0 Å². The maximum absolute atomic E-state index is 12.3. The minimum Gasteiger partial charge on any atom is -0.241 e. The van der Waals surface area contributed by atoms with E-state index in [1.54, 1.807) is 19.1 Å². The molecule has 1 aromatic carbocycles. The Morgan fingerprint density at radius 2 is 1.82 bits per heavy atom. The predicted octanol–water partition coefficient (Wildman–Crippen LogP) is 2.05. The van der Waals surface area contributed by atoms with E-state index in [-0.39, 0.29) is 0 Å². The molecule has 0 spiro atoms. The summed E-state index contributed by atoms with van der Waals surface area (Å²) in [5.74, 6) is 0.461. The first-order valence-electron chi connectivity index (χ1n) is 5.26. The highest BCUT2D eigenvalue weighted by atomic mass is 32.2. The highest BCUT2D eigenvalue weighted by Gasteiger charge is 2.18. The summed E-state index contributed by atoms with van der Waals surface area (Å²) in [5, 5.41) is 0. The first-order chi connectivity index (χ1) is 7.93. The van der Waals surface area contributed by atoms with Crippen LogP contribution in [-0.4, -0.2) is 17.4 Å². The Balaban J connectivity index is 2.60. The van der Waals surface area contributed by atoms with Crippen molar-refractivity contribution in [2.75, 3.05) is 0 Å². The van der Waals surface area contributed by atoms with E-state index in [0.717, 1.165) is 11.1 Å². The second-order valence-electron chi connectivity index (χ2n) is 4.02. The summed E-state index contributed by atoms with van der Waals surface area (Å²) < 4.78 is 25.8. The molecule has 5 heteroatoms. The Hall–Kier alpha value is -1.62. The molecule has 0 aliphatic rings. The fourth-order valence-corrected chi connectivity index (χ4v) is 3.01. The summed E-state index contributed by atoms with van der Waals surface area (Å²) in [6, 6.07) is 5.12. The van der Waals surface area contributed by atoms with E-state index in [2.05, 4.69) is 4.98 Å².